The molecule has 2 aromatic heterocycles. The molecule has 1 saturated heterocycles. The third-order valence-electron chi connectivity index (χ3n) is 3.21. The Morgan fingerprint density at radius 2 is 2.32 bits per heavy atom. The van der Waals surface area contributed by atoms with E-state index in [1.807, 2.05) is 22.4 Å². The minimum atomic E-state index is 0.188. The lowest BCUT2D eigenvalue weighted by atomic mass is 10.2. The van der Waals surface area contributed by atoms with E-state index in [9.17, 15) is 4.79 Å². The first-order valence-electron chi connectivity index (χ1n) is 6.47. The molecule has 1 aliphatic rings. The Bertz CT molecular complexity index is 550. The molecule has 19 heavy (non-hydrogen) atoms. The Morgan fingerprint density at radius 3 is 3.16 bits per heavy atom. The molecule has 5 nitrogen and oxygen atoms in total. The van der Waals surface area contributed by atoms with Crippen molar-refractivity contribution in [2.24, 2.45) is 0 Å². The minimum absolute atomic E-state index is 0.188. The third-order valence-corrected chi connectivity index (χ3v) is 4.07. The quantitative estimate of drug-likeness (QED) is 0.865. The first-order chi connectivity index (χ1) is 9.33. The number of likely N-dealkylation sites (tertiary alicyclic amines) is 1. The van der Waals surface area contributed by atoms with Crippen LogP contribution < -0.4 is 0 Å². The van der Waals surface area contributed by atoms with Crippen molar-refractivity contribution in [1.29, 1.82) is 0 Å². The Balaban J connectivity index is 1.71. The molecular formula is C13H15N3O2S. The van der Waals surface area contributed by atoms with Gasteiger partial charge in [0.15, 0.2) is 0 Å². The van der Waals surface area contributed by atoms with Crippen molar-refractivity contribution >= 4 is 17.2 Å². The summed E-state index contributed by atoms with van der Waals surface area (Å²) in [5.41, 5.74) is 0. The normalized spacial score (nSPS) is 16.6. The molecule has 0 aliphatic carbocycles. The molecule has 0 unspecified atom stereocenters. The summed E-state index contributed by atoms with van der Waals surface area (Å²) in [6.07, 6.45) is 3.79. The van der Waals surface area contributed by atoms with Gasteiger partial charge in [-0.3, -0.25) is 4.79 Å². The van der Waals surface area contributed by atoms with Gasteiger partial charge in [0.05, 0.1) is 11.4 Å². The number of carbonyl (C=O) groups is 1. The van der Waals surface area contributed by atoms with Crippen molar-refractivity contribution in [3.8, 4) is 10.7 Å². The van der Waals surface area contributed by atoms with Crippen molar-refractivity contribution in [1.82, 2.24) is 15.0 Å². The van der Waals surface area contributed by atoms with Gasteiger partial charge < -0.3 is 9.42 Å². The van der Waals surface area contributed by atoms with Crippen LogP contribution in [0.15, 0.2) is 22.0 Å². The highest BCUT2D eigenvalue weighted by atomic mass is 32.1. The molecule has 6 heteroatoms. The number of aromatic nitrogens is 2. The predicted octanol–water partition coefficient (Wildman–Crippen LogP) is 2.70. The Hall–Kier alpha value is -1.69. The molecule has 0 aromatic carbocycles. The van der Waals surface area contributed by atoms with Crippen LogP contribution in [0.5, 0.6) is 0 Å². The van der Waals surface area contributed by atoms with E-state index in [0.29, 0.717) is 24.7 Å². The number of thiophene rings is 1. The smallest absolute Gasteiger partial charge is 0.246 e. The number of nitrogens with zero attached hydrogens (tertiary/aromatic N) is 3. The number of rotatable bonds is 3. The van der Waals surface area contributed by atoms with E-state index < -0.39 is 0 Å². The van der Waals surface area contributed by atoms with Crippen LogP contribution in [0.1, 0.15) is 31.6 Å². The van der Waals surface area contributed by atoms with E-state index in [4.69, 9.17) is 4.52 Å². The van der Waals surface area contributed by atoms with Crippen LogP contribution in [0.2, 0.25) is 0 Å². The summed E-state index contributed by atoms with van der Waals surface area (Å²) < 4.78 is 5.23. The van der Waals surface area contributed by atoms with E-state index in [1.165, 1.54) is 0 Å². The Morgan fingerprint density at radius 1 is 1.37 bits per heavy atom. The highest BCUT2D eigenvalue weighted by molar-refractivity contribution is 7.13. The number of hydrogen-bond acceptors (Lipinski definition) is 5. The van der Waals surface area contributed by atoms with Crippen LogP contribution in [-0.2, 0) is 11.3 Å². The van der Waals surface area contributed by atoms with Gasteiger partial charge in [0, 0.05) is 13.0 Å². The molecule has 1 fully saturated rings. The zero-order valence-electron chi connectivity index (χ0n) is 10.5. The molecule has 0 saturated carbocycles. The number of hydrogen-bond donors (Lipinski definition) is 0. The maximum absolute atomic E-state index is 11.9. The molecule has 100 valence electrons. The van der Waals surface area contributed by atoms with E-state index >= 15 is 0 Å². The fourth-order valence-corrected chi connectivity index (χ4v) is 2.84. The molecule has 1 amide bonds. The van der Waals surface area contributed by atoms with Gasteiger partial charge >= 0.3 is 0 Å². The second-order valence-corrected chi connectivity index (χ2v) is 5.56. The third kappa shape index (κ3) is 2.84. The van der Waals surface area contributed by atoms with Gasteiger partial charge in [0.2, 0.25) is 17.6 Å². The Kier molecular flexibility index (Phi) is 3.59. The summed E-state index contributed by atoms with van der Waals surface area (Å²) in [5, 5.41) is 5.93. The van der Waals surface area contributed by atoms with Gasteiger partial charge in [-0.1, -0.05) is 17.6 Å². The van der Waals surface area contributed by atoms with Gasteiger partial charge in [-0.15, -0.1) is 11.3 Å². The highest BCUT2D eigenvalue weighted by Crippen LogP contribution is 2.22. The Labute approximate surface area is 115 Å². The summed E-state index contributed by atoms with van der Waals surface area (Å²) in [5.74, 6) is 1.30. The van der Waals surface area contributed by atoms with Crippen LogP contribution in [-0.4, -0.2) is 27.5 Å². The summed E-state index contributed by atoms with van der Waals surface area (Å²) >= 11 is 1.57. The molecule has 0 radical (unpaired) electrons. The summed E-state index contributed by atoms with van der Waals surface area (Å²) in [7, 11) is 0. The predicted molar refractivity (Wildman–Crippen MR) is 71.5 cm³/mol. The first kappa shape index (κ1) is 12.3. The van der Waals surface area contributed by atoms with E-state index in [0.717, 1.165) is 30.7 Å². The average Bonchev–Trinajstić information content (AvgIpc) is 3.03. The second-order valence-electron chi connectivity index (χ2n) is 4.61. The molecule has 1 aliphatic heterocycles. The van der Waals surface area contributed by atoms with Crippen molar-refractivity contribution < 1.29 is 9.32 Å². The highest BCUT2D eigenvalue weighted by Gasteiger charge is 2.19. The SMILES string of the molecule is O=C1CCCCCN1Cc1nc(-c2cccs2)no1. The van der Waals surface area contributed by atoms with Crippen molar-refractivity contribution in [3.63, 3.8) is 0 Å². The van der Waals surface area contributed by atoms with Gasteiger partial charge in [-0.05, 0) is 24.3 Å². The van der Waals surface area contributed by atoms with Crippen LogP contribution in [0, 0.1) is 0 Å². The zero-order valence-corrected chi connectivity index (χ0v) is 11.4. The fourth-order valence-electron chi connectivity index (χ4n) is 2.19. The zero-order chi connectivity index (χ0) is 13.1. The lowest BCUT2D eigenvalue weighted by Gasteiger charge is -2.17. The fraction of sp³-hybridized carbons (Fsp3) is 0.462. The number of carbonyl (C=O) groups excluding carboxylic acids is 1. The lowest BCUT2D eigenvalue weighted by molar-refractivity contribution is -0.131. The van der Waals surface area contributed by atoms with Gasteiger partial charge in [-0.2, -0.15) is 4.98 Å². The number of amides is 1. The molecule has 0 atom stereocenters. The minimum Gasteiger partial charge on any atom is -0.337 e. The first-order valence-corrected chi connectivity index (χ1v) is 7.35. The molecule has 3 rings (SSSR count). The largest absolute Gasteiger partial charge is 0.337 e. The maximum atomic E-state index is 11.9. The molecule has 2 aromatic rings. The molecular weight excluding hydrogens is 262 g/mol. The average molecular weight is 277 g/mol. The van der Waals surface area contributed by atoms with E-state index in [-0.39, 0.29) is 5.91 Å². The molecule has 0 N–H and O–H groups in total. The molecule has 0 spiro atoms. The van der Waals surface area contributed by atoms with E-state index in [2.05, 4.69) is 10.1 Å². The monoisotopic (exact) mass is 277 g/mol. The lowest BCUT2D eigenvalue weighted by Crippen LogP contribution is -2.29. The van der Waals surface area contributed by atoms with E-state index in [1.54, 1.807) is 11.3 Å². The topological polar surface area (TPSA) is 59.2 Å². The van der Waals surface area contributed by atoms with Gasteiger partial charge in [0.1, 0.15) is 0 Å². The van der Waals surface area contributed by atoms with Crippen molar-refractivity contribution in [3.05, 3.63) is 23.4 Å². The summed E-state index contributed by atoms with van der Waals surface area (Å²) in [6.45, 7) is 1.22. The molecule has 3 heterocycles. The second kappa shape index (κ2) is 5.52. The van der Waals surface area contributed by atoms with Crippen LogP contribution in [0.25, 0.3) is 10.7 Å². The van der Waals surface area contributed by atoms with Crippen molar-refractivity contribution in [2.75, 3.05) is 6.54 Å². The van der Waals surface area contributed by atoms with Crippen LogP contribution in [0.3, 0.4) is 0 Å². The van der Waals surface area contributed by atoms with Crippen LogP contribution >= 0.6 is 11.3 Å². The van der Waals surface area contributed by atoms with Crippen LogP contribution in [0.4, 0.5) is 0 Å². The molecule has 0 bridgehead atoms. The van der Waals surface area contributed by atoms with Crippen molar-refractivity contribution in [2.45, 2.75) is 32.2 Å². The maximum Gasteiger partial charge on any atom is 0.246 e. The van der Waals surface area contributed by atoms with Gasteiger partial charge in [-0.25, -0.2) is 0 Å². The summed E-state index contributed by atoms with van der Waals surface area (Å²) in [4.78, 5) is 19.0. The standard InChI is InChI=1S/C13H15N3O2S/c17-12-6-2-1-3-7-16(12)9-11-14-13(15-18-11)10-5-4-8-19-10/h4-5,8H,1-3,6-7,9H2. The van der Waals surface area contributed by atoms with Gasteiger partial charge in [0.25, 0.3) is 0 Å². The summed E-state index contributed by atoms with van der Waals surface area (Å²) in [6, 6.07) is 3.91.